The number of nitrogens with one attached hydrogen (secondary N) is 3. The Hall–Kier alpha value is -0.380. The fourth-order valence-electron chi connectivity index (χ4n) is 1.50. The molecule has 2 aliphatic rings. The van der Waals surface area contributed by atoms with Crippen LogP contribution in [0.4, 0.5) is 0 Å². The summed E-state index contributed by atoms with van der Waals surface area (Å²) in [5.41, 5.74) is 0. The lowest BCUT2D eigenvalue weighted by Crippen LogP contribution is -2.21. The number of rotatable bonds is 0. The lowest BCUT2D eigenvalue weighted by atomic mass is 10.3. The van der Waals surface area contributed by atoms with Crippen molar-refractivity contribution in [2.24, 2.45) is 0 Å². The topological polar surface area (TPSA) is 36.1 Å². The molecule has 82 valence electrons. The second-order valence-corrected chi connectivity index (χ2v) is 3.67. The number of allylic oxidation sites excluding steroid dienone is 1. The third kappa shape index (κ3) is 7.06. The van der Waals surface area contributed by atoms with Crippen LogP contribution in [0.5, 0.6) is 0 Å². The van der Waals surface area contributed by atoms with Crippen LogP contribution in [0.1, 0.15) is 19.3 Å². The molecule has 0 spiro atoms. The zero-order chi connectivity index (χ0) is 9.90. The molecule has 0 aliphatic carbocycles. The van der Waals surface area contributed by atoms with Crippen LogP contribution < -0.4 is 16.0 Å². The Bertz CT molecular complexity index is 118. The summed E-state index contributed by atoms with van der Waals surface area (Å²) in [4.78, 5) is 0. The van der Waals surface area contributed by atoms with Gasteiger partial charge in [0.1, 0.15) is 0 Å². The standard InChI is InChI=1S/C6H11N.C5H12N2/c1-2-4-6-7-5-3-1;1-2-6-4-5-7-3-1/h1,3,7H,2,4-6H2;6-7H,1-5H2. The Balaban J connectivity index is 0.000000140. The van der Waals surface area contributed by atoms with Crippen LogP contribution in [0.25, 0.3) is 0 Å². The van der Waals surface area contributed by atoms with Crippen molar-refractivity contribution < 1.29 is 0 Å². The lowest BCUT2D eigenvalue weighted by molar-refractivity contribution is 0.718. The van der Waals surface area contributed by atoms with Crippen molar-refractivity contribution in [3.8, 4) is 0 Å². The van der Waals surface area contributed by atoms with E-state index in [0.29, 0.717) is 0 Å². The summed E-state index contributed by atoms with van der Waals surface area (Å²) < 4.78 is 0. The Morgan fingerprint density at radius 3 is 2.14 bits per heavy atom. The first-order valence-corrected chi connectivity index (χ1v) is 5.77. The molecule has 1 saturated heterocycles. The SMILES string of the molecule is C1=CCNCCC1.C1CNCCNC1. The molecule has 0 bridgehead atoms. The molecular formula is C11H23N3. The Morgan fingerprint density at radius 2 is 1.36 bits per heavy atom. The quantitative estimate of drug-likeness (QED) is 0.495. The van der Waals surface area contributed by atoms with Gasteiger partial charge in [-0.15, -0.1) is 0 Å². The molecule has 2 rings (SSSR count). The molecule has 3 nitrogen and oxygen atoms in total. The van der Waals surface area contributed by atoms with Gasteiger partial charge in [0.25, 0.3) is 0 Å². The van der Waals surface area contributed by atoms with Gasteiger partial charge in [0.15, 0.2) is 0 Å². The van der Waals surface area contributed by atoms with Crippen molar-refractivity contribution in [3.63, 3.8) is 0 Å². The second kappa shape index (κ2) is 9.19. The third-order valence-corrected chi connectivity index (χ3v) is 2.34. The van der Waals surface area contributed by atoms with E-state index >= 15 is 0 Å². The predicted molar refractivity (Wildman–Crippen MR) is 61.6 cm³/mol. The van der Waals surface area contributed by atoms with E-state index in [-0.39, 0.29) is 0 Å². The van der Waals surface area contributed by atoms with Crippen molar-refractivity contribution in [3.05, 3.63) is 12.2 Å². The maximum atomic E-state index is 3.28. The first-order valence-electron chi connectivity index (χ1n) is 5.77. The van der Waals surface area contributed by atoms with Crippen LogP contribution in [0, 0.1) is 0 Å². The minimum Gasteiger partial charge on any atom is -0.315 e. The molecule has 0 aromatic rings. The highest BCUT2D eigenvalue weighted by Gasteiger charge is 1.92. The molecule has 3 heteroatoms. The molecule has 1 fully saturated rings. The second-order valence-electron chi connectivity index (χ2n) is 3.67. The molecule has 0 aromatic heterocycles. The molecule has 0 unspecified atom stereocenters. The molecule has 14 heavy (non-hydrogen) atoms. The largest absolute Gasteiger partial charge is 0.315 e. The highest BCUT2D eigenvalue weighted by atomic mass is 15.0. The van der Waals surface area contributed by atoms with E-state index < -0.39 is 0 Å². The zero-order valence-electron chi connectivity index (χ0n) is 9.02. The van der Waals surface area contributed by atoms with Crippen molar-refractivity contribution in [2.45, 2.75) is 19.3 Å². The van der Waals surface area contributed by atoms with Crippen LogP contribution in [0.15, 0.2) is 12.2 Å². The summed E-state index contributed by atoms with van der Waals surface area (Å²) in [6.45, 7) is 6.91. The maximum Gasteiger partial charge on any atom is 0.0134 e. The summed E-state index contributed by atoms with van der Waals surface area (Å²) in [7, 11) is 0. The van der Waals surface area contributed by atoms with Gasteiger partial charge in [-0.1, -0.05) is 12.2 Å². The zero-order valence-corrected chi connectivity index (χ0v) is 9.02. The van der Waals surface area contributed by atoms with Gasteiger partial charge in [-0.2, -0.15) is 0 Å². The fraction of sp³-hybridized carbons (Fsp3) is 0.818. The van der Waals surface area contributed by atoms with Gasteiger partial charge < -0.3 is 16.0 Å². The molecule has 0 atom stereocenters. The molecule has 0 saturated carbocycles. The van der Waals surface area contributed by atoms with Gasteiger partial charge in [-0.3, -0.25) is 0 Å². The van der Waals surface area contributed by atoms with E-state index in [2.05, 4.69) is 28.1 Å². The average Bonchev–Trinajstić information content (AvgIpc) is 2.68. The van der Waals surface area contributed by atoms with Gasteiger partial charge in [0.05, 0.1) is 0 Å². The molecular weight excluding hydrogens is 174 g/mol. The number of hydrogen-bond donors (Lipinski definition) is 3. The van der Waals surface area contributed by atoms with Crippen LogP contribution in [-0.2, 0) is 0 Å². The molecule has 3 N–H and O–H groups in total. The smallest absolute Gasteiger partial charge is 0.0134 e. The van der Waals surface area contributed by atoms with Crippen molar-refractivity contribution in [1.29, 1.82) is 0 Å². The minimum absolute atomic E-state index is 1.07. The molecule has 2 aliphatic heterocycles. The normalized spacial score (nSPS) is 22.9. The van der Waals surface area contributed by atoms with Crippen LogP contribution in [0.3, 0.4) is 0 Å². The van der Waals surface area contributed by atoms with E-state index in [1.54, 1.807) is 0 Å². The molecule has 0 amide bonds. The van der Waals surface area contributed by atoms with E-state index in [4.69, 9.17) is 0 Å². The number of hydrogen-bond acceptors (Lipinski definition) is 3. The van der Waals surface area contributed by atoms with E-state index in [9.17, 15) is 0 Å². The first-order chi connectivity index (χ1) is 7.00. The Kier molecular flexibility index (Phi) is 7.67. The summed E-state index contributed by atoms with van der Waals surface area (Å²) in [6, 6.07) is 0. The first kappa shape index (κ1) is 11.7. The Labute approximate surface area is 87.3 Å². The highest BCUT2D eigenvalue weighted by Crippen LogP contribution is 1.91. The minimum atomic E-state index is 1.07. The Morgan fingerprint density at radius 1 is 0.643 bits per heavy atom. The van der Waals surface area contributed by atoms with Crippen LogP contribution in [0.2, 0.25) is 0 Å². The van der Waals surface area contributed by atoms with Gasteiger partial charge in [0.2, 0.25) is 0 Å². The molecule has 0 radical (unpaired) electrons. The van der Waals surface area contributed by atoms with Crippen molar-refractivity contribution >= 4 is 0 Å². The van der Waals surface area contributed by atoms with Crippen molar-refractivity contribution in [2.75, 3.05) is 39.3 Å². The van der Waals surface area contributed by atoms with E-state index in [1.807, 2.05) is 0 Å². The van der Waals surface area contributed by atoms with Gasteiger partial charge in [0, 0.05) is 19.6 Å². The summed E-state index contributed by atoms with van der Waals surface area (Å²) in [5, 5.41) is 9.83. The van der Waals surface area contributed by atoms with E-state index in [1.165, 1.54) is 38.9 Å². The van der Waals surface area contributed by atoms with Crippen LogP contribution in [-0.4, -0.2) is 39.3 Å². The summed E-state index contributed by atoms with van der Waals surface area (Å²) in [6.07, 6.45) is 8.26. The summed E-state index contributed by atoms with van der Waals surface area (Å²) >= 11 is 0. The fourth-order valence-corrected chi connectivity index (χ4v) is 1.50. The summed E-state index contributed by atoms with van der Waals surface area (Å²) in [5.74, 6) is 0. The predicted octanol–water partition coefficient (Wildman–Crippen LogP) is 0.495. The monoisotopic (exact) mass is 197 g/mol. The lowest BCUT2D eigenvalue weighted by Gasteiger charge is -1.92. The van der Waals surface area contributed by atoms with Gasteiger partial charge in [-0.25, -0.2) is 0 Å². The average molecular weight is 197 g/mol. The van der Waals surface area contributed by atoms with Gasteiger partial charge >= 0.3 is 0 Å². The van der Waals surface area contributed by atoms with Crippen molar-refractivity contribution in [1.82, 2.24) is 16.0 Å². The van der Waals surface area contributed by atoms with E-state index in [0.717, 1.165) is 19.6 Å². The molecule has 2 heterocycles. The molecule has 0 aromatic carbocycles. The highest BCUT2D eigenvalue weighted by molar-refractivity contribution is 4.86. The maximum absolute atomic E-state index is 3.28. The van der Waals surface area contributed by atoms with Gasteiger partial charge in [-0.05, 0) is 38.9 Å². The third-order valence-electron chi connectivity index (χ3n) is 2.34. The van der Waals surface area contributed by atoms with Crippen LogP contribution >= 0.6 is 0 Å².